The fraction of sp³-hybridized carbons (Fsp3) is 0.800. The molecule has 0 radical (unpaired) electrons. The number of carbonyl (C=O) groups is 3. The molecule has 8 nitrogen and oxygen atoms in total. The van der Waals surface area contributed by atoms with E-state index in [0.29, 0.717) is 23.7 Å². The zero-order chi connectivity index (χ0) is 34.5. The molecule has 2 fully saturated rings. The van der Waals surface area contributed by atoms with Crippen LogP contribution < -0.4 is 0 Å². The van der Waals surface area contributed by atoms with Crippen LogP contribution in [0.4, 0.5) is 4.79 Å². The van der Waals surface area contributed by atoms with Crippen molar-refractivity contribution in [2.45, 2.75) is 155 Å². The van der Waals surface area contributed by atoms with Crippen molar-refractivity contribution >= 4 is 50.5 Å². The molecule has 4 rings (SSSR count). The molecular weight excluding hydrogens is 684 g/mol. The van der Waals surface area contributed by atoms with E-state index in [-0.39, 0.29) is 5.78 Å². The molecule has 4 aliphatic rings. The number of ketones is 1. The lowest BCUT2D eigenvalue weighted by Gasteiger charge is -2.60. The molecule has 11 heteroatoms. The summed E-state index contributed by atoms with van der Waals surface area (Å²) >= 11 is 3.73. The summed E-state index contributed by atoms with van der Waals surface area (Å²) in [6.45, 7) is 22.4. The van der Waals surface area contributed by atoms with Crippen molar-refractivity contribution in [2.24, 2.45) is 16.7 Å². The van der Waals surface area contributed by atoms with Gasteiger partial charge in [-0.3, -0.25) is 9.59 Å². The maximum atomic E-state index is 15.5. The largest absolute Gasteiger partial charge is 0.509 e. The van der Waals surface area contributed by atoms with Gasteiger partial charge in [-0.05, 0) is 67.7 Å². The monoisotopic (exact) mass is 740 g/mol. The third-order valence-corrected chi connectivity index (χ3v) is 22.8. The number of rotatable bonds is 12. The average Bonchev–Trinajstić information content (AvgIpc) is 3.36. The number of esters is 1. The Kier molecular flexibility index (Phi) is 11.1. The molecule has 0 aromatic rings. The van der Waals surface area contributed by atoms with Crippen LogP contribution in [0.1, 0.15) is 89.0 Å². The van der Waals surface area contributed by atoms with Gasteiger partial charge in [0.1, 0.15) is 0 Å². The van der Waals surface area contributed by atoms with Crippen LogP contribution in [-0.2, 0) is 32.7 Å². The smallest absolute Gasteiger partial charge is 0.450 e. The van der Waals surface area contributed by atoms with E-state index < -0.39 is 75.5 Å². The lowest BCUT2D eigenvalue weighted by molar-refractivity contribution is -0.178. The Morgan fingerprint density at radius 3 is 2.00 bits per heavy atom. The van der Waals surface area contributed by atoms with E-state index >= 15 is 4.79 Å². The summed E-state index contributed by atoms with van der Waals surface area (Å²) in [4.78, 5) is 42.0. The highest BCUT2D eigenvalue weighted by molar-refractivity contribution is 9.09. The highest BCUT2D eigenvalue weighted by Gasteiger charge is 2.74. The van der Waals surface area contributed by atoms with E-state index in [1.165, 1.54) is 6.92 Å². The summed E-state index contributed by atoms with van der Waals surface area (Å²) in [5, 5.41) is 0.493. The Morgan fingerprint density at radius 2 is 1.50 bits per heavy atom. The molecule has 0 aromatic heterocycles. The quantitative estimate of drug-likeness (QED) is 0.0849. The predicted molar refractivity (Wildman–Crippen MR) is 188 cm³/mol. The van der Waals surface area contributed by atoms with Gasteiger partial charge in [0.15, 0.2) is 40.2 Å². The zero-order valence-electron chi connectivity index (χ0n) is 30.0. The summed E-state index contributed by atoms with van der Waals surface area (Å²) in [5.74, 6) is -1.31. The lowest BCUT2D eigenvalue weighted by Crippen LogP contribution is -2.70. The number of ether oxygens (including phenoxy) is 3. The van der Waals surface area contributed by atoms with Crippen molar-refractivity contribution in [3.8, 4) is 0 Å². The van der Waals surface area contributed by atoms with Crippen molar-refractivity contribution in [3.63, 3.8) is 0 Å². The van der Waals surface area contributed by atoms with Crippen LogP contribution in [0, 0.1) is 16.7 Å². The normalized spacial score (nSPS) is 34.1. The molecule has 1 spiro atoms. The molecule has 1 saturated carbocycles. The molecule has 1 aliphatic heterocycles. The summed E-state index contributed by atoms with van der Waals surface area (Å²) < 4.78 is 33.3. The molecule has 2 bridgehead atoms. The molecule has 0 N–H and O–H groups in total. The molecule has 3 aliphatic carbocycles. The molecule has 1 heterocycles. The number of fused-ring (bicyclic) bond motifs is 3. The van der Waals surface area contributed by atoms with Crippen molar-refractivity contribution < 1.29 is 37.4 Å². The lowest BCUT2D eigenvalue weighted by atomic mass is 9.48. The van der Waals surface area contributed by atoms with Crippen molar-refractivity contribution in [3.05, 3.63) is 22.8 Å². The number of halogens is 1. The topological polar surface area (TPSA) is 97.4 Å². The van der Waals surface area contributed by atoms with E-state index in [4.69, 9.17) is 23.1 Å². The van der Waals surface area contributed by atoms with Crippen molar-refractivity contribution in [1.29, 1.82) is 0 Å². The number of hydrogen-bond acceptors (Lipinski definition) is 8. The minimum Gasteiger partial charge on any atom is -0.450 e. The number of alkyl halides is 1. The summed E-state index contributed by atoms with van der Waals surface area (Å²) in [6.07, 6.45) is -0.514. The van der Waals surface area contributed by atoms with Crippen molar-refractivity contribution in [2.75, 3.05) is 5.33 Å². The molecule has 7 atom stereocenters. The fourth-order valence-corrected chi connectivity index (χ4v) is 15.7. The van der Waals surface area contributed by atoms with Crippen LogP contribution >= 0.6 is 15.9 Å². The Balaban J connectivity index is 2.08. The van der Waals surface area contributed by atoms with E-state index in [2.05, 4.69) is 63.5 Å². The van der Waals surface area contributed by atoms with Crippen LogP contribution in [0.5, 0.6) is 0 Å². The van der Waals surface area contributed by atoms with E-state index in [1.54, 1.807) is 0 Å². The SMILES string of the molecule is CC[Si](CC)(CC)O[C@H]1C[C@@]23OC(=O)O[C@H]2[C@@H]2C(CBr)=CC[C@H](O[Si](CC)(CC)CC)[C@@]2(C)C(=O)[C@H](OC(C)=O)C(=C1C)C3(C)C. The van der Waals surface area contributed by atoms with Crippen LogP contribution in [0.2, 0.25) is 36.3 Å². The molecule has 0 aromatic carbocycles. The number of hydrogen-bond donors (Lipinski definition) is 0. The fourth-order valence-electron chi connectivity index (χ4n) is 9.29. The van der Waals surface area contributed by atoms with Gasteiger partial charge in [0, 0.05) is 30.0 Å². The third-order valence-electron chi connectivity index (χ3n) is 12.8. The average molecular weight is 742 g/mol. The predicted octanol–water partition coefficient (Wildman–Crippen LogP) is 8.65. The standard InChI is InChI=1S/C35H57BrO8Si2/c1-12-45(13-2,14-3)43-25-20-35-31(41-32(39)42-35)28-24(21-36)18-19-26(44-46(15-4,16-5)17-6)34(28,11)30(38)29(40-23(8)37)27(22(25)7)33(35,9)10/h18,25-26,28-29,31H,12-17,19-21H2,1-11H3/t25-,26-,28-,29+,31-,34+,35+/m0/s1. The van der Waals surface area contributed by atoms with Crippen LogP contribution in [0.25, 0.3) is 0 Å². The number of Topliss-reactive ketones (excluding diaryl/α,β-unsaturated/α-hetero) is 1. The first kappa shape index (κ1) is 37.5. The Morgan fingerprint density at radius 1 is 0.957 bits per heavy atom. The second kappa shape index (κ2) is 13.6. The van der Waals surface area contributed by atoms with Gasteiger partial charge in [-0.15, -0.1) is 0 Å². The first-order valence-electron chi connectivity index (χ1n) is 17.5. The van der Waals surface area contributed by atoms with Crippen molar-refractivity contribution in [1.82, 2.24) is 0 Å². The molecule has 46 heavy (non-hydrogen) atoms. The highest BCUT2D eigenvalue weighted by Crippen LogP contribution is 2.64. The first-order chi connectivity index (χ1) is 21.6. The molecule has 1 saturated heterocycles. The second-order valence-electron chi connectivity index (χ2n) is 14.7. The highest BCUT2D eigenvalue weighted by atomic mass is 79.9. The summed E-state index contributed by atoms with van der Waals surface area (Å²) in [7, 11) is -4.38. The van der Waals surface area contributed by atoms with Gasteiger partial charge in [-0.1, -0.05) is 83.0 Å². The molecule has 0 unspecified atom stereocenters. The van der Waals surface area contributed by atoms with Gasteiger partial charge < -0.3 is 23.1 Å². The van der Waals surface area contributed by atoms with Crippen LogP contribution in [0.3, 0.4) is 0 Å². The van der Waals surface area contributed by atoms with Gasteiger partial charge in [-0.2, -0.15) is 0 Å². The first-order valence-corrected chi connectivity index (χ1v) is 23.7. The summed E-state index contributed by atoms with van der Waals surface area (Å²) in [5.41, 5.74) is -0.753. The van der Waals surface area contributed by atoms with Gasteiger partial charge in [0.05, 0.1) is 17.6 Å². The molecular formula is C35H57BrO8Si2. The number of carbonyl (C=O) groups excluding carboxylic acids is 3. The minimum atomic E-state index is -2.21. The zero-order valence-corrected chi connectivity index (χ0v) is 33.6. The van der Waals surface area contributed by atoms with Crippen LogP contribution in [-0.4, -0.2) is 69.9 Å². The van der Waals surface area contributed by atoms with Gasteiger partial charge in [0.2, 0.25) is 0 Å². The van der Waals surface area contributed by atoms with Gasteiger partial charge in [0.25, 0.3) is 0 Å². The minimum absolute atomic E-state index is 0.208. The Labute approximate surface area is 287 Å². The van der Waals surface area contributed by atoms with Gasteiger partial charge in [-0.25, -0.2) is 4.79 Å². The second-order valence-corrected chi connectivity index (χ2v) is 24.7. The molecule has 0 amide bonds. The van der Waals surface area contributed by atoms with E-state index in [9.17, 15) is 9.59 Å². The molecule has 260 valence electrons. The maximum Gasteiger partial charge on any atom is 0.509 e. The Bertz CT molecular complexity index is 1250. The maximum absolute atomic E-state index is 15.5. The van der Waals surface area contributed by atoms with E-state index in [0.717, 1.165) is 47.4 Å². The van der Waals surface area contributed by atoms with Crippen LogP contribution in [0.15, 0.2) is 22.8 Å². The third kappa shape index (κ3) is 5.65. The van der Waals surface area contributed by atoms with Gasteiger partial charge >= 0.3 is 12.1 Å². The summed E-state index contributed by atoms with van der Waals surface area (Å²) in [6, 6.07) is 5.59. The Hall–Kier alpha value is -1.28. The van der Waals surface area contributed by atoms with E-state index in [1.807, 2.05) is 27.7 Å².